The van der Waals surface area contributed by atoms with Gasteiger partial charge in [0.2, 0.25) is 0 Å². The summed E-state index contributed by atoms with van der Waals surface area (Å²) in [4.78, 5) is 33.5. The Bertz CT molecular complexity index is 364. The summed E-state index contributed by atoms with van der Waals surface area (Å²) in [5.41, 5.74) is 5.30. The zero-order valence-electron chi connectivity index (χ0n) is 9.61. The number of carbonyl (C=O) groups excluding carboxylic acids is 3. The predicted octanol–water partition coefficient (Wildman–Crippen LogP) is -0.117. The fourth-order valence-electron chi connectivity index (χ4n) is 1.44. The first-order valence-corrected chi connectivity index (χ1v) is 5.00. The third-order valence-corrected chi connectivity index (χ3v) is 2.36. The molecular weight excluding hydrogens is 228 g/mol. The van der Waals surface area contributed by atoms with Crippen LogP contribution in [0.1, 0.15) is 12.8 Å². The fourth-order valence-corrected chi connectivity index (χ4v) is 1.44. The van der Waals surface area contributed by atoms with Gasteiger partial charge in [0.1, 0.15) is 5.92 Å². The van der Waals surface area contributed by atoms with Crippen molar-refractivity contribution in [1.82, 2.24) is 10.9 Å². The summed E-state index contributed by atoms with van der Waals surface area (Å²) in [5.74, 6) is -1.62. The number of rotatable bonds is 3. The van der Waals surface area contributed by atoms with Gasteiger partial charge in [-0.25, -0.2) is 10.2 Å². The number of hydrazine groups is 1. The van der Waals surface area contributed by atoms with Gasteiger partial charge in [0.05, 0.1) is 14.2 Å². The second-order valence-corrected chi connectivity index (χ2v) is 3.43. The van der Waals surface area contributed by atoms with Gasteiger partial charge < -0.3 is 9.47 Å². The van der Waals surface area contributed by atoms with Gasteiger partial charge in [0, 0.05) is 11.8 Å². The largest absolute Gasteiger partial charge is 0.468 e. The Morgan fingerprint density at radius 2 is 2.06 bits per heavy atom. The molecule has 0 heterocycles. The standard InChI is InChI=1S/C10H14N2O5/c1-16-9(14)7-4-3-6(5-8(7)13)11-12-10(15)17-2/h5,7,11H,3-4H2,1-2H3,(H,12,15). The van der Waals surface area contributed by atoms with E-state index in [0.29, 0.717) is 18.5 Å². The average Bonchev–Trinajstić information content (AvgIpc) is 2.35. The molecular formula is C10H14N2O5. The van der Waals surface area contributed by atoms with E-state index in [0.717, 1.165) is 0 Å². The van der Waals surface area contributed by atoms with E-state index in [1.807, 2.05) is 0 Å². The van der Waals surface area contributed by atoms with Crippen molar-refractivity contribution in [2.75, 3.05) is 14.2 Å². The van der Waals surface area contributed by atoms with Crippen LogP contribution in [0.2, 0.25) is 0 Å². The monoisotopic (exact) mass is 242 g/mol. The van der Waals surface area contributed by atoms with Crippen molar-refractivity contribution in [3.63, 3.8) is 0 Å². The summed E-state index contributed by atoms with van der Waals surface area (Å²) in [6, 6.07) is 0. The van der Waals surface area contributed by atoms with Crippen LogP contribution >= 0.6 is 0 Å². The molecule has 0 aromatic rings. The number of carbonyl (C=O) groups is 3. The molecule has 0 radical (unpaired) electrons. The summed E-state index contributed by atoms with van der Waals surface area (Å²) in [7, 11) is 2.47. The van der Waals surface area contributed by atoms with Crippen LogP contribution in [-0.2, 0) is 19.1 Å². The minimum absolute atomic E-state index is 0.336. The van der Waals surface area contributed by atoms with Gasteiger partial charge in [0.15, 0.2) is 5.78 Å². The zero-order chi connectivity index (χ0) is 12.8. The van der Waals surface area contributed by atoms with E-state index < -0.39 is 18.0 Å². The average molecular weight is 242 g/mol. The molecule has 0 fully saturated rings. The normalized spacial score (nSPS) is 19.1. The molecule has 94 valence electrons. The number of hydrogen-bond donors (Lipinski definition) is 2. The molecule has 0 aliphatic heterocycles. The number of methoxy groups -OCH3 is 2. The summed E-state index contributed by atoms with van der Waals surface area (Å²) >= 11 is 0. The predicted molar refractivity (Wildman–Crippen MR) is 56.5 cm³/mol. The Hall–Kier alpha value is -2.05. The van der Waals surface area contributed by atoms with Crippen LogP contribution in [-0.4, -0.2) is 32.1 Å². The van der Waals surface area contributed by atoms with Crippen molar-refractivity contribution in [3.05, 3.63) is 11.8 Å². The molecule has 1 atom stereocenters. The molecule has 7 heteroatoms. The SMILES string of the molecule is COC(=O)NNC1=CC(=O)C(C(=O)OC)CC1. The van der Waals surface area contributed by atoms with Gasteiger partial charge in [0.25, 0.3) is 0 Å². The maximum absolute atomic E-state index is 11.6. The molecule has 1 amide bonds. The topological polar surface area (TPSA) is 93.7 Å². The number of ketones is 1. The molecule has 0 spiro atoms. The first kappa shape index (κ1) is 13.0. The lowest BCUT2D eigenvalue weighted by Crippen LogP contribution is -2.39. The molecule has 1 aliphatic rings. The minimum Gasteiger partial charge on any atom is -0.468 e. The maximum atomic E-state index is 11.6. The molecule has 1 aliphatic carbocycles. The summed E-state index contributed by atoms with van der Waals surface area (Å²) < 4.78 is 8.86. The fraction of sp³-hybridized carbons (Fsp3) is 0.500. The quantitative estimate of drug-likeness (QED) is 0.407. The van der Waals surface area contributed by atoms with Crippen LogP contribution in [0.4, 0.5) is 4.79 Å². The Kier molecular flexibility index (Phi) is 4.50. The van der Waals surface area contributed by atoms with Gasteiger partial charge in [-0.3, -0.25) is 15.0 Å². The highest BCUT2D eigenvalue weighted by atomic mass is 16.5. The molecule has 7 nitrogen and oxygen atoms in total. The number of allylic oxidation sites excluding steroid dienone is 2. The Labute approximate surface area is 98.1 Å². The van der Waals surface area contributed by atoms with Crippen LogP contribution in [0.15, 0.2) is 11.8 Å². The number of hydrogen-bond acceptors (Lipinski definition) is 6. The second-order valence-electron chi connectivity index (χ2n) is 3.43. The molecule has 1 unspecified atom stereocenters. The van der Waals surface area contributed by atoms with E-state index in [1.54, 1.807) is 0 Å². The van der Waals surface area contributed by atoms with Crippen molar-refractivity contribution in [2.24, 2.45) is 5.92 Å². The van der Waals surface area contributed by atoms with Gasteiger partial charge in [-0.05, 0) is 12.8 Å². The van der Waals surface area contributed by atoms with Gasteiger partial charge >= 0.3 is 12.1 Å². The van der Waals surface area contributed by atoms with Crippen molar-refractivity contribution in [2.45, 2.75) is 12.8 Å². The van der Waals surface area contributed by atoms with Crippen LogP contribution < -0.4 is 10.9 Å². The van der Waals surface area contributed by atoms with E-state index in [9.17, 15) is 14.4 Å². The third-order valence-electron chi connectivity index (χ3n) is 2.36. The molecule has 0 saturated heterocycles. The van der Waals surface area contributed by atoms with Crippen molar-refractivity contribution >= 4 is 17.8 Å². The Balaban J connectivity index is 2.54. The van der Waals surface area contributed by atoms with E-state index in [-0.39, 0.29) is 5.78 Å². The molecule has 0 aromatic carbocycles. The number of nitrogens with one attached hydrogen (secondary N) is 2. The van der Waals surface area contributed by atoms with Crippen LogP contribution in [0.25, 0.3) is 0 Å². The van der Waals surface area contributed by atoms with E-state index in [4.69, 9.17) is 0 Å². The van der Waals surface area contributed by atoms with E-state index >= 15 is 0 Å². The first-order valence-electron chi connectivity index (χ1n) is 5.00. The smallest absolute Gasteiger partial charge is 0.425 e. The van der Waals surface area contributed by atoms with Crippen molar-refractivity contribution in [1.29, 1.82) is 0 Å². The van der Waals surface area contributed by atoms with Gasteiger partial charge in [-0.1, -0.05) is 0 Å². The minimum atomic E-state index is -0.747. The van der Waals surface area contributed by atoms with E-state index in [2.05, 4.69) is 20.3 Å². The lowest BCUT2D eigenvalue weighted by atomic mass is 9.91. The maximum Gasteiger partial charge on any atom is 0.425 e. The summed E-state index contributed by atoms with van der Waals surface area (Å²) in [5, 5.41) is 0. The van der Waals surface area contributed by atoms with Crippen LogP contribution in [0, 0.1) is 5.92 Å². The molecule has 2 N–H and O–H groups in total. The van der Waals surface area contributed by atoms with Crippen molar-refractivity contribution in [3.8, 4) is 0 Å². The highest BCUT2D eigenvalue weighted by Crippen LogP contribution is 2.20. The molecule has 0 aromatic heterocycles. The number of amides is 1. The highest BCUT2D eigenvalue weighted by Gasteiger charge is 2.29. The molecule has 0 saturated carbocycles. The lowest BCUT2D eigenvalue weighted by molar-refractivity contribution is -0.148. The van der Waals surface area contributed by atoms with Crippen molar-refractivity contribution < 1.29 is 23.9 Å². The van der Waals surface area contributed by atoms with Crippen LogP contribution in [0.3, 0.4) is 0 Å². The Morgan fingerprint density at radius 3 is 2.59 bits per heavy atom. The first-order chi connectivity index (χ1) is 8.08. The number of esters is 1. The third kappa shape index (κ3) is 3.47. The number of ether oxygens (including phenoxy) is 2. The molecule has 1 rings (SSSR count). The molecule has 17 heavy (non-hydrogen) atoms. The Morgan fingerprint density at radius 1 is 1.35 bits per heavy atom. The highest BCUT2D eigenvalue weighted by molar-refractivity contribution is 6.05. The van der Waals surface area contributed by atoms with E-state index in [1.165, 1.54) is 20.3 Å². The summed E-state index contributed by atoms with van der Waals surface area (Å²) in [6.07, 6.45) is 1.44. The van der Waals surface area contributed by atoms with Crippen LogP contribution in [0.5, 0.6) is 0 Å². The lowest BCUT2D eigenvalue weighted by Gasteiger charge is -2.19. The molecule has 0 bridgehead atoms. The summed E-state index contributed by atoms with van der Waals surface area (Å²) in [6.45, 7) is 0. The zero-order valence-corrected chi connectivity index (χ0v) is 9.61. The van der Waals surface area contributed by atoms with Gasteiger partial charge in [-0.2, -0.15) is 0 Å². The second kappa shape index (κ2) is 5.88. The van der Waals surface area contributed by atoms with Gasteiger partial charge in [-0.15, -0.1) is 0 Å².